The molecule has 6 heteroatoms. The van der Waals surface area contributed by atoms with E-state index in [0.717, 1.165) is 5.56 Å². The zero-order valence-electron chi connectivity index (χ0n) is 14.8. The second-order valence-corrected chi connectivity index (χ2v) is 5.85. The molecule has 1 aromatic carbocycles. The molecule has 0 aliphatic heterocycles. The number of aryl methyl sites for hydroxylation is 1. The van der Waals surface area contributed by atoms with Gasteiger partial charge in [0.05, 0.1) is 13.2 Å². The fraction of sp³-hybridized carbons (Fsp3) is 0.200. The molecule has 26 heavy (non-hydrogen) atoms. The van der Waals surface area contributed by atoms with Crippen molar-refractivity contribution in [2.45, 2.75) is 19.9 Å². The molecule has 1 atom stereocenters. The zero-order chi connectivity index (χ0) is 18.7. The van der Waals surface area contributed by atoms with Crippen molar-refractivity contribution in [2.75, 3.05) is 7.11 Å². The number of rotatable bonds is 5. The van der Waals surface area contributed by atoms with Crippen LogP contribution in [-0.2, 0) is 0 Å². The van der Waals surface area contributed by atoms with Crippen LogP contribution < -0.4 is 10.1 Å². The summed E-state index contributed by atoms with van der Waals surface area (Å²) in [5, 5.41) is 12.5. The quantitative estimate of drug-likeness (QED) is 0.761. The van der Waals surface area contributed by atoms with E-state index in [1.807, 2.05) is 43.3 Å². The number of nitriles is 1. The van der Waals surface area contributed by atoms with Crippen molar-refractivity contribution in [2.24, 2.45) is 0 Å². The van der Waals surface area contributed by atoms with E-state index >= 15 is 0 Å². The second-order valence-electron chi connectivity index (χ2n) is 5.85. The minimum Gasteiger partial charge on any atom is -0.496 e. The number of carbonyl (C=O) groups excluding carboxylic acids is 1. The maximum Gasteiger partial charge on any atom is 0.256 e. The normalized spacial score (nSPS) is 11.6. The van der Waals surface area contributed by atoms with Crippen molar-refractivity contribution in [3.8, 4) is 17.7 Å². The van der Waals surface area contributed by atoms with Gasteiger partial charge in [-0.3, -0.25) is 9.36 Å². The highest BCUT2D eigenvalue weighted by Gasteiger charge is 2.26. The predicted molar refractivity (Wildman–Crippen MR) is 96.4 cm³/mol. The van der Waals surface area contributed by atoms with Crippen LogP contribution in [0, 0.1) is 18.3 Å². The number of aromatic nitrogens is 1. The molecule has 0 unspecified atom stereocenters. The molecule has 0 aliphatic rings. The molecule has 0 saturated heterocycles. The molecule has 0 aliphatic carbocycles. The van der Waals surface area contributed by atoms with Crippen LogP contribution in [0.2, 0.25) is 0 Å². The summed E-state index contributed by atoms with van der Waals surface area (Å²) in [5.41, 5.74) is 1.31. The standard InChI is InChI=1S/C20H19N3O3/c1-13(15-8-4-5-9-17(15)25-3)22-19(24)18-14(2)26-20(16(18)12-21)23-10-6-7-11-23/h4-11,13H,1-3H3,(H,22,24)/t13-/m0/s1. The Bertz CT molecular complexity index is 965. The van der Waals surface area contributed by atoms with Gasteiger partial charge in [-0.15, -0.1) is 0 Å². The summed E-state index contributed by atoms with van der Waals surface area (Å²) in [6.07, 6.45) is 3.52. The first-order valence-electron chi connectivity index (χ1n) is 8.17. The first-order valence-corrected chi connectivity index (χ1v) is 8.17. The maximum atomic E-state index is 12.8. The van der Waals surface area contributed by atoms with Crippen molar-refractivity contribution in [1.29, 1.82) is 5.26 Å². The first kappa shape index (κ1) is 17.4. The summed E-state index contributed by atoms with van der Waals surface area (Å²) in [6.45, 7) is 3.54. The van der Waals surface area contributed by atoms with E-state index in [-0.39, 0.29) is 23.1 Å². The summed E-state index contributed by atoms with van der Waals surface area (Å²) in [4.78, 5) is 12.8. The first-order chi connectivity index (χ1) is 12.6. The number of para-hydroxylation sites is 1. The number of ether oxygens (including phenoxy) is 1. The third kappa shape index (κ3) is 3.07. The van der Waals surface area contributed by atoms with Crippen LogP contribution in [0.5, 0.6) is 5.75 Å². The average molecular weight is 349 g/mol. The van der Waals surface area contributed by atoms with E-state index in [1.165, 1.54) is 0 Å². The molecule has 0 bridgehead atoms. The summed E-state index contributed by atoms with van der Waals surface area (Å²) >= 11 is 0. The smallest absolute Gasteiger partial charge is 0.256 e. The van der Waals surface area contributed by atoms with E-state index in [9.17, 15) is 10.1 Å². The van der Waals surface area contributed by atoms with Crippen LogP contribution in [0.15, 0.2) is 53.2 Å². The van der Waals surface area contributed by atoms with E-state index < -0.39 is 0 Å². The van der Waals surface area contributed by atoms with E-state index in [2.05, 4.69) is 11.4 Å². The molecular weight excluding hydrogens is 330 g/mol. The van der Waals surface area contributed by atoms with Crippen molar-refractivity contribution in [1.82, 2.24) is 9.88 Å². The van der Waals surface area contributed by atoms with Gasteiger partial charge in [0.25, 0.3) is 5.91 Å². The fourth-order valence-corrected chi connectivity index (χ4v) is 2.93. The van der Waals surface area contributed by atoms with Crippen LogP contribution in [0.4, 0.5) is 0 Å². The minimum atomic E-state index is -0.361. The molecule has 132 valence electrons. The van der Waals surface area contributed by atoms with E-state index in [4.69, 9.17) is 9.15 Å². The third-order valence-electron chi connectivity index (χ3n) is 4.20. The molecule has 1 amide bonds. The number of hydrogen-bond donors (Lipinski definition) is 1. The van der Waals surface area contributed by atoms with Gasteiger partial charge in [-0.1, -0.05) is 18.2 Å². The number of nitrogens with one attached hydrogen (secondary N) is 1. The largest absolute Gasteiger partial charge is 0.496 e. The Labute approximate surface area is 151 Å². The lowest BCUT2D eigenvalue weighted by Gasteiger charge is -2.17. The number of carbonyl (C=O) groups is 1. The van der Waals surface area contributed by atoms with Crippen molar-refractivity contribution in [3.05, 3.63) is 71.2 Å². The predicted octanol–water partition coefficient (Wildman–Crippen LogP) is 3.75. The van der Waals surface area contributed by atoms with Crippen molar-refractivity contribution >= 4 is 5.91 Å². The molecule has 2 heterocycles. The molecule has 3 aromatic rings. The summed E-state index contributed by atoms with van der Waals surface area (Å²) in [6, 6.07) is 12.9. The molecule has 6 nitrogen and oxygen atoms in total. The van der Waals surface area contributed by atoms with Crippen LogP contribution in [0.25, 0.3) is 5.88 Å². The van der Waals surface area contributed by atoms with Crippen molar-refractivity contribution < 1.29 is 13.9 Å². The van der Waals surface area contributed by atoms with Gasteiger partial charge in [-0.25, -0.2) is 0 Å². The third-order valence-corrected chi connectivity index (χ3v) is 4.20. The van der Waals surface area contributed by atoms with E-state index in [1.54, 1.807) is 31.0 Å². The van der Waals surface area contributed by atoms with Crippen LogP contribution in [-0.4, -0.2) is 17.6 Å². The molecule has 0 spiro atoms. The highest BCUT2D eigenvalue weighted by Crippen LogP contribution is 2.28. The molecule has 3 rings (SSSR count). The molecule has 0 radical (unpaired) electrons. The molecule has 0 fully saturated rings. The van der Waals surface area contributed by atoms with Gasteiger partial charge in [0.2, 0.25) is 5.88 Å². The molecule has 1 N–H and O–H groups in total. The number of furan rings is 1. The van der Waals surface area contributed by atoms with Gasteiger partial charge < -0.3 is 14.5 Å². The Morgan fingerprint density at radius 2 is 1.96 bits per heavy atom. The van der Waals surface area contributed by atoms with Gasteiger partial charge in [0, 0.05) is 18.0 Å². The minimum absolute atomic E-state index is 0.212. The van der Waals surface area contributed by atoms with Gasteiger partial charge in [-0.2, -0.15) is 5.26 Å². The lowest BCUT2D eigenvalue weighted by molar-refractivity contribution is 0.0937. The van der Waals surface area contributed by atoms with Crippen LogP contribution >= 0.6 is 0 Å². The Kier molecular flexibility index (Phi) is 4.81. The SMILES string of the molecule is COc1ccccc1[C@H](C)NC(=O)c1c(C)oc(-n2cccc2)c1C#N. The van der Waals surface area contributed by atoms with E-state index in [0.29, 0.717) is 17.4 Å². The molecular formula is C20H19N3O3. The monoisotopic (exact) mass is 349 g/mol. The number of nitrogens with zero attached hydrogens (tertiary/aromatic N) is 2. The van der Waals surface area contributed by atoms with Crippen LogP contribution in [0.3, 0.4) is 0 Å². The maximum absolute atomic E-state index is 12.8. The van der Waals surface area contributed by atoms with Gasteiger partial charge >= 0.3 is 0 Å². The average Bonchev–Trinajstić information content (AvgIpc) is 3.28. The Morgan fingerprint density at radius 1 is 1.27 bits per heavy atom. The topological polar surface area (TPSA) is 80.2 Å². The van der Waals surface area contributed by atoms with Gasteiger partial charge in [0.1, 0.15) is 28.7 Å². The lowest BCUT2D eigenvalue weighted by Crippen LogP contribution is -2.27. The lowest BCUT2D eigenvalue weighted by atomic mass is 10.1. The second kappa shape index (κ2) is 7.19. The molecule has 0 saturated carbocycles. The molecule has 2 aromatic heterocycles. The van der Waals surface area contributed by atoms with Crippen LogP contribution in [0.1, 0.15) is 40.2 Å². The number of hydrogen-bond acceptors (Lipinski definition) is 4. The summed E-state index contributed by atoms with van der Waals surface area (Å²) in [7, 11) is 1.59. The summed E-state index contributed by atoms with van der Waals surface area (Å²) < 4.78 is 12.7. The number of benzene rings is 1. The highest BCUT2D eigenvalue weighted by atomic mass is 16.5. The Morgan fingerprint density at radius 3 is 2.62 bits per heavy atom. The van der Waals surface area contributed by atoms with Gasteiger partial charge in [-0.05, 0) is 32.0 Å². The fourth-order valence-electron chi connectivity index (χ4n) is 2.93. The Balaban J connectivity index is 1.92. The number of methoxy groups -OCH3 is 1. The Hall–Kier alpha value is -3.46. The zero-order valence-corrected chi connectivity index (χ0v) is 14.8. The number of amides is 1. The highest BCUT2D eigenvalue weighted by molar-refractivity contribution is 5.98. The van der Waals surface area contributed by atoms with Gasteiger partial charge in [0.15, 0.2) is 0 Å². The van der Waals surface area contributed by atoms with Crippen molar-refractivity contribution in [3.63, 3.8) is 0 Å². The summed E-state index contributed by atoms with van der Waals surface area (Å²) in [5.74, 6) is 1.07.